The van der Waals surface area contributed by atoms with Crippen LogP contribution in [-0.4, -0.2) is 40.9 Å². The normalized spacial score (nSPS) is 14.8. The van der Waals surface area contributed by atoms with Crippen molar-refractivity contribution in [3.63, 3.8) is 0 Å². The molecule has 176 valence electrons. The molecule has 1 saturated heterocycles. The van der Waals surface area contributed by atoms with Crippen molar-refractivity contribution in [2.45, 2.75) is 32.5 Å². The number of aryl methyl sites for hydroxylation is 1. The fraction of sp³-hybridized carbons (Fsp3) is 0.391. The third-order valence-corrected chi connectivity index (χ3v) is 6.90. The standard InChI is InChI=1S/C23H23F4N3O2S/c1-2-3-8-30-22(32)17-6-5-16(14-20(17)33-30)28-9-11-29(12-10-28)21(31)18-13-15(24)4-7-19(18)23(25,26)27/h4-7,13-14H,2-3,8-12H2,1H3. The van der Waals surface area contributed by atoms with Crippen LogP contribution in [-0.2, 0) is 12.7 Å². The number of carbonyl (C=O) groups is 1. The Hall–Kier alpha value is -2.88. The fourth-order valence-corrected chi connectivity index (χ4v) is 5.05. The van der Waals surface area contributed by atoms with Gasteiger partial charge in [-0.3, -0.25) is 13.5 Å². The van der Waals surface area contributed by atoms with Crippen LogP contribution in [0.1, 0.15) is 35.7 Å². The molecular weight excluding hydrogens is 458 g/mol. The summed E-state index contributed by atoms with van der Waals surface area (Å²) in [6, 6.07) is 7.55. The second-order valence-electron chi connectivity index (χ2n) is 8.00. The van der Waals surface area contributed by atoms with Crippen molar-refractivity contribution in [1.29, 1.82) is 0 Å². The van der Waals surface area contributed by atoms with Crippen molar-refractivity contribution in [2.24, 2.45) is 0 Å². The van der Waals surface area contributed by atoms with E-state index < -0.39 is 29.0 Å². The Morgan fingerprint density at radius 1 is 1.06 bits per heavy atom. The molecule has 1 fully saturated rings. The maximum Gasteiger partial charge on any atom is 0.417 e. The molecule has 0 saturated carbocycles. The molecule has 2 aromatic carbocycles. The average molecular weight is 482 g/mol. The molecule has 0 aliphatic carbocycles. The molecule has 2 heterocycles. The molecule has 33 heavy (non-hydrogen) atoms. The summed E-state index contributed by atoms with van der Waals surface area (Å²) in [5.74, 6) is -1.72. The van der Waals surface area contributed by atoms with Crippen molar-refractivity contribution >= 4 is 33.2 Å². The van der Waals surface area contributed by atoms with Crippen LogP contribution in [0.25, 0.3) is 10.1 Å². The lowest BCUT2D eigenvalue weighted by Crippen LogP contribution is -2.49. The minimum Gasteiger partial charge on any atom is -0.368 e. The van der Waals surface area contributed by atoms with Gasteiger partial charge in [-0.1, -0.05) is 24.9 Å². The number of hydrogen-bond donors (Lipinski definition) is 0. The van der Waals surface area contributed by atoms with E-state index >= 15 is 0 Å². The minimum atomic E-state index is -4.74. The Morgan fingerprint density at radius 3 is 2.45 bits per heavy atom. The van der Waals surface area contributed by atoms with Crippen LogP contribution in [0.2, 0.25) is 0 Å². The Labute approximate surface area is 192 Å². The number of alkyl halides is 3. The highest BCUT2D eigenvalue weighted by atomic mass is 32.1. The van der Waals surface area contributed by atoms with Gasteiger partial charge in [-0.15, -0.1) is 0 Å². The second-order valence-corrected chi connectivity index (χ2v) is 9.06. The first-order valence-corrected chi connectivity index (χ1v) is 11.5. The molecule has 1 amide bonds. The van der Waals surface area contributed by atoms with Gasteiger partial charge in [0, 0.05) is 38.4 Å². The van der Waals surface area contributed by atoms with Crippen molar-refractivity contribution in [3.8, 4) is 0 Å². The van der Waals surface area contributed by atoms with Crippen LogP contribution in [0, 0.1) is 5.82 Å². The largest absolute Gasteiger partial charge is 0.417 e. The van der Waals surface area contributed by atoms with Gasteiger partial charge in [-0.25, -0.2) is 4.39 Å². The third kappa shape index (κ3) is 4.75. The summed E-state index contributed by atoms with van der Waals surface area (Å²) in [6.45, 7) is 4.00. The van der Waals surface area contributed by atoms with E-state index in [1.54, 1.807) is 10.0 Å². The van der Waals surface area contributed by atoms with Gasteiger partial charge in [0.1, 0.15) is 5.82 Å². The quantitative estimate of drug-likeness (QED) is 0.483. The van der Waals surface area contributed by atoms with Gasteiger partial charge < -0.3 is 9.80 Å². The van der Waals surface area contributed by atoms with Crippen molar-refractivity contribution in [3.05, 3.63) is 63.7 Å². The molecule has 5 nitrogen and oxygen atoms in total. The molecular formula is C23H23F4N3O2S. The number of unbranched alkanes of at least 4 members (excludes halogenated alkanes) is 1. The van der Waals surface area contributed by atoms with E-state index in [-0.39, 0.29) is 18.6 Å². The van der Waals surface area contributed by atoms with E-state index in [0.717, 1.165) is 23.2 Å². The van der Waals surface area contributed by atoms with Crippen LogP contribution in [0.15, 0.2) is 41.2 Å². The smallest absolute Gasteiger partial charge is 0.368 e. The Bertz CT molecular complexity index is 1230. The lowest BCUT2D eigenvalue weighted by Gasteiger charge is -2.36. The Balaban J connectivity index is 1.49. The zero-order valence-electron chi connectivity index (χ0n) is 18.0. The number of nitrogens with zero attached hydrogens (tertiary/aromatic N) is 3. The topological polar surface area (TPSA) is 45.5 Å². The van der Waals surface area contributed by atoms with Crippen LogP contribution in [0.4, 0.5) is 23.2 Å². The molecule has 0 atom stereocenters. The van der Waals surface area contributed by atoms with Crippen LogP contribution in [0.5, 0.6) is 0 Å². The Morgan fingerprint density at radius 2 is 1.79 bits per heavy atom. The molecule has 4 rings (SSSR count). The van der Waals surface area contributed by atoms with Gasteiger partial charge in [-0.2, -0.15) is 13.2 Å². The maximum absolute atomic E-state index is 13.6. The molecule has 1 aromatic heterocycles. The molecule has 1 aliphatic rings. The molecule has 3 aromatic rings. The fourth-order valence-electron chi connectivity index (χ4n) is 3.98. The summed E-state index contributed by atoms with van der Waals surface area (Å²) in [5, 5.41) is 0.666. The minimum absolute atomic E-state index is 0.000906. The van der Waals surface area contributed by atoms with Gasteiger partial charge in [0.2, 0.25) is 0 Å². The zero-order chi connectivity index (χ0) is 23.8. The molecule has 0 unspecified atom stereocenters. The lowest BCUT2D eigenvalue weighted by atomic mass is 10.0. The zero-order valence-corrected chi connectivity index (χ0v) is 18.8. The first kappa shape index (κ1) is 23.3. The summed E-state index contributed by atoms with van der Waals surface area (Å²) in [7, 11) is 0. The summed E-state index contributed by atoms with van der Waals surface area (Å²) >= 11 is 1.42. The highest BCUT2D eigenvalue weighted by molar-refractivity contribution is 7.13. The number of amides is 1. The van der Waals surface area contributed by atoms with E-state index in [4.69, 9.17) is 0 Å². The van der Waals surface area contributed by atoms with Gasteiger partial charge in [-0.05, 0) is 42.8 Å². The maximum atomic E-state index is 13.6. The molecule has 0 N–H and O–H groups in total. The van der Waals surface area contributed by atoms with E-state index in [1.165, 1.54) is 16.4 Å². The van der Waals surface area contributed by atoms with Gasteiger partial charge >= 0.3 is 6.18 Å². The van der Waals surface area contributed by atoms with Crippen molar-refractivity contribution in [2.75, 3.05) is 31.1 Å². The number of rotatable bonds is 5. The lowest BCUT2D eigenvalue weighted by molar-refractivity contribution is -0.138. The second kappa shape index (κ2) is 9.17. The van der Waals surface area contributed by atoms with E-state index in [0.29, 0.717) is 43.2 Å². The van der Waals surface area contributed by atoms with E-state index in [9.17, 15) is 27.2 Å². The van der Waals surface area contributed by atoms with E-state index in [1.807, 2.05) is 17.0 Å². The van der Waals surface area contributed by atoms with Crippen molar-refractivity contribution in [1.82, 2.24) is 8.86 Å². The molecule has 10 heteroatoms. The number of carbonyl (C=O) groups excluding carboxylic acids is 1. The van der Waals surface area contributed by atoms with Crippen LogP contribution >= 0.6 is 11.5 Å². The number of halogens is 4. The first-order chi connectivity index (χ1) is 15.7. The predicted molar refractivity (Wildman–Crippen MR) is 121 cm³/mol. The highest BCUT2D eigenvalue weighted by Gasteiger charge is 2.37. The molecule has 0 bridgehead atoms. The Kier molecular flexibility index (Phi) is 6.47. The molecule has 0 radical (unpaired) electrons. The molecule has 0 spiro atoms. The van der Waals surface area contributed by atoms with Crippen molar-refractivity contribution < 1.29 is 22.4 Å². The highest BCUT2D eigenvalue weighted by Crippen LogP contribution is 2.33. The number of aromatic nitrogens is 1. The average Bonchev–Trinajstić information content (AvgIpc) is 3.11. The summed E-state index contributed by atoms with van der Waals surface area (Å²) in [4.78, 5) is 28.6. The number of hydrogen-bond acceptors (Lipinski definition) is 4. The van der Waals surface area contributed by atoms with Gasteiger partial charge in [0.15, 0.2) is 0 Å². The number of anilines is 1. The van der Waals surface area contributed by atoms with Gasteiger partial charge in [0.05, 0.1) is 21.2 Å². The number of piperazine rings is 1. The molecule has 1 aliphatic heterocycles. The van der Waals surface area contributed by atoms with Crippen LogP contribution in [0.3, 0.4) is 0 Å². The first-order valence-electron chi connectivity index (χ1n) is 10.7. The van der Waals surface area contributed by atoms with Crippen LogP contribution < -0.4 is 10.5 Å². The SMILES string of the molecule is CCCCn1sc2cc(N3CCN(C(=O)c4cc(F)ccc4C(F)(F)F)CC3)ccc2c1=O. The third-order valence-electron chi connectivity index (χ3n) is 5.79. The van der Waals surface area contributed by atoms with E-state index in [2.05, 4.69) is 6.92 Å². The number of fused-ring (bicyclic) bond motifs is 1. The summed E-state index contributed by atoms with van der Waals surface area (Å²) < 4.78 is 56.1. The predicted octanol–water partition coefficient (Wildman–Crippen LogP) is 4.98. The summed E-state index contributed by atoms with van der Waals surface area (Å²) in [6.07, 6.45) is -2.82. The number of benzene rings is 2. The van der Waals surface area contributed by atoms with Gasteiger partial charge in [0.25, 0.3) is 11.5 Å². The monoisotopic (exact) mass is 481 g/mol. The summed E-state index contributed by atoms with van der Waals surface area (Å²) in [5.41, 5.74) is -0.916.